The second kappa shape index (κ2) is 8.32. The fourth-order valence-corrected chi connectivity index (χ4v) is 3.13. The molecular formula is C19H15N3O3S. The van der Waals surface area contributed by atoms with Gasteiger partial charge in [0, 0.05) is 23.6 Å². The van der Waals surface area contributed by atoms with E-state index in [2.05, 4.69) is 16.2 Å². The number of ether oxygens (including phenoxy) is 1. The minimum absolute atomic E-state index is 0.0318. The highest BCUT2D eigenvalue weighted by atomic mass is 32.2. The van der Waals surface area contributed by atoms with Gasteiger partial charge in [0.25, 0.3) is 0 Å². The molecule has 0 saturated carbocycles. The van der Waals surface area contributed by atoms with Crippen molar-refractivity contribution in [1.29, 1.82) is 5.26 Å². The number of carbonyl (C=O) groups excluding carboxylic acids is 1. The number of pyridine rings is 1. The highest BCUT2D eigenvalue weighted by Gasteiger charge is 2.16. The molecule has 3 rings (SSSR count). The largest absolute Gasteiger partial charge is 0.457 e. The molecular weight excluding hydrogens is 350 g/mol. The van der Waals surface area contributed by atoms with Gasteiger partial charge in [-0.3, -0.25) is 0 Å². The molecule has 0 spiro atoms. The quantitative estimate of drug-likeness (QED) is 0.483. The summed E-state index contributed by atoms with van der Waals surface area (Å²) in [6, 6.07) is 14.3. The topological polar surface area (TPSA) is 89.0 Å². The van der Waals surface area contributed by atoms with E-state index in [0.29, 0.717) is 27.5 Å². The van der Waals surface area contributed by atoms with Gasteiger partial charge in [-0.05, 0) is 25.1 Å². The van der Waals surface area contributed by atoms with Crippen LogP contribution in [0, 0.1) is 18.3 Å². The molecule has 0 aliphatic rings. The molecule has 1 aromatic carbocycles. The van der Waals surface area contributed by atoms with Crippen LogP contribution in [0.1, 0.15) is 32.9 Å². The van der Waals surface area contributed by atoms with Gasteiger partial charge in [-0.2, -0.15) is 5.26 Å². The molecule has 0 aliphatic heterocycles. The Balaban J connectivity index is 1.68. The summed E-state index contributed by atoms with van der Waals surface area (Å²) in [4.78, 5) is 16.7. The molecule has 2 aromatic heterocycles. The Morgan fingerprint density at radius 1 is 1.31 bits per heavy atom. The fourth-order valence-electron chi connectivity index (χ4n) is 2.27. The maximum atomic E-state index is 12.5. The Hall–Kier alpha value is -3.11. The van der Waals surface area contributed by atoms with Crippen LogP contribution in [0.3, 0.4) is 0 Å². The van der Waals surface area contributed by atoms with Crippen LogP contribution in [0.25, 0.3) is 0 Å². The van der Waals surface area contributed by atoms with Crippen LogP contribution in [0.2, 0.25) is 0 Å². The molecule has 6 nitrogen and oxygen atoms in total. The number of aromatic nitrogens is 2. The lowest BCUT2D eigenvalue weighted by atomic mass is 10.1. The van der Waals surface area contributed by atoms with E-state index < -0.39 is 5.97 Å². The molecule has 0 aliphatic carbocycles. The third-order valence-electron chi connectivity index (χ3n) is 3.52. The van der Waals surface area contributed by atoms with Crippen molar-refractivity contribution in [1.82, 2.24) is 10.1 Å². The zero-order valence-corrected chi connectivity index (χ0v) is 14.8. The summed E-state index contributed by atoms with van der Waals surface area (Å²) in [7, 11) is 0. The Bertz CT molecular complexity index is 962. The number of hydrogen-bond acceptors (Lipinski definition) is 7. The number of benzene rings is 1. The number of thioether (sulfide) groups is 1. The monoisotopic (exact) mass is 365 g/mol. The Kier molecular flexibility index (Phi) is 5.66. The van der Waals surface area contributed by atoms with Gasteiger partial charge in [0.2, 0.25) is 0 Å². The lowest BCUT2D eigenvalue weighted by Gasteiger charge is -2.09. The van der Waals surface area contributed by atoms with Gasteiger partial charge in [0.05, 0.1) is 22.9 Å². The van der Waals surface area contributed by atoms with Gasteiger partial charge in [0.1, 0.15) is 17.4 Å². The molecule has 0 N–H and O–H groups in total. The van der Waals surface area contributed by atoms with Gasteiger partial charge in [-0.1, -0.05) is 35.1 Å². The van der Waals surface area contributed by atoms with Crippen LogP contribution >= 0.6 is 11.8 Å². The van der Waals surface area contributed by atoms with Gasteiger partial charge < -0.3 is 9.26 Å². The SMILES string of the molecule is Cc1cc(CSc2ncccc2C(=O)OCc2ccccc2C#N)no1. The molecule has 0 fully saturated rings. The summed E-state index contributed by atoms with van der Waals surface area (Å²) >= 11 is 1.38. The number of rotatable bonds is 6. The summed E-state index contributed by atoms with van der Waals surface area (Å²) in [6.45, 7) is 1.86. The standard InChI is InChI=1S/C19H15N3O3S/c1-13-9-16(22-25-13)12-26-18-17(7-4-8-21-18)19(23)24-11-15-6-3-2-5-14(15)10-20/h2-9H,11-12H2,1H3. The van der Waals surface area contributed by atoms with Crippen molar-refractivity contribution in [3.8, 4) is 6.07 Å². The van der Waals surface area contributed by atoms with Gasteiger partial charge in [-0.15, -0.1) is 0 Å². The molecule has 0 atom stereocenters. The normalized spacial score (nSPS) is 10.3. The zero-order chi connectivity index (χ0) is 18.4. The minimum atomic E-state index is -0.482. The molecule has 2 heterocycles. The third-order valence-corrected chi connectivity index (χ3v) is 4.56. The van der Waals surface area contributed by atoms with Crippen molar-refractivity contribution >= 4 is 17.7 Å². The van der Waals surface area contributed by atoms with Gasteiger partial charge in [-0.25, -0.2) is 9.78 Å². The molecule has 0 amide bonds. The molecule has 0 saturated heterocycles. The summed E-state index contributed by atoms with van der Waals surface area (Å²) in [5.41, 5.74) is 2.31. The van der Waals surface area contributed by atoms with E-state index in [1.54, 1.807) is 42.6 Å². The van der Waals surface area contributed by atoms with Gasteiger partial charge in [0.15, 0.2) is 0 Å². The Morgan fingerprint density at radius 3 is 2.92 bits per heavy atom. The van der Waals surface area contributed by atoms with Gasteiger partial charge >= 0.3 is 5.97 Å². The predicted octanol–water partition coefficient (Wildman–Crippen LogP) is 3.90. The van der Waals surface area contributed by atoms with E-state index in [4.69, 9.17) is 14.5 Å². The van der Waals surface area contributed by atoms with Crippen molar-refractivity contribution in [3.63, 3.8) is 0 Å². The highest BCUT2D eigenvalue weighted by molar-refractivity contribution is 7.98. The smallest absolute Gasteiger partial charge is 0.341 e. The average Bonchev–Trinajstić information content (AvgIpc) is 3.10. The van der Waals surface area contributed by atoms with E-state index >= 15 is 0 Å². The Labute approximate surface area is 154 Å². The highest BCUT2D eigenvalue weighted by Crippen LogP contribution is 2.25. The Morgan fingerprint density at radius 2 is 2.15 bits per heavy atom. The first kappa shape index (κ1) is 17.7. The minimum Gasteiger partial charge on any atom is -0.457 e. The van der Waals surface area contributed by atoms with E-state index in [0.717, 1.165) is 11.5 Å². The molecule has 130 valence electrons. The van der Waals surface area contributed by atoms with Crippen molar-refractivity contribution in [2.24, 2.45) is 0 Å². The maximum Gasteiger partial charge on any atom is 0.341 e. The average molecular weight is 365 g/mol. The first-order chi connectivity index (χ1) is 12.7. The van der Waals surface area contributed by atoms with Crippen LogP contribution in [-0.4, -0.2) is 16.1 Å². The second-order valence-electron chi connectivity index (χ2n) is 5.42. The number of aryl methyl sites for hydroxylation is 1. The lowest BCUT2D eigenvalue weighted by Crippen LogP contribution is -2.08. The van der Waals surface area contributed by atoms with E-state index in [9.17, 15) is 4.79 Å². The summed E-state index contributed by atoms with van der Waals surface area (Å²) in [5.74, 6) is 0.786. The van der Waals surface area contributed by atoms with Crippen LogP contribution in [0.4, 0.5) is 0 Å². The van der Waals surface area contributed by atoms with Crippen molar-refractivity contribution < 1.29 is 14.1 Å². The van der Waals surface area contributed by atoms with Crippen LogP contribution in [0.15, 0.2) is 58.2 Å². The first-order valence-corrected chi connectivity index (χ1v) is 8.81. The molecule has 3 aromatic rings. The first-order valence-electron chi connectivity index (χ1n) is 7.82. The fraction of sp³-hybridized carbons (Fsp3) is 0.158. The summed E-state index contributed by atoms with van der Waals surface area (Å²) < 4.78 is 10.4. The molecule has 0 unspecified atom stereocenters. The predicted molar refractivity (Wildman–Crippen MR) is 95.3 cm³/mol. The zero-order valence-electron chi connectivity index (χ0n) is 14.0. The second-order valence-corrected chi connectivity index (χ2v) is 6.38. The van der Waals surface area contributed by atoms with Crippen molar-refractivity contribution in [3.05, 3.63) is 76.8 Å². The number of nitriles is 1. The molecule has 7 heteroatoms. The van der Waals surface area contributed by atoms with Crippen molar-refractivity contribution in [2.45, 2.75) is 24.3 Å². The lowest BCUT2D eigenvalue weighted by molar-refractivity contribution is 0.0467. The van der Waals surface area contributed by atoms with Crippen molar-refractivity contribution in [2.75, 3.05) is 0 Å². The number of carbonyl (C=O) groups is 1. The molecule has 0 bridgehead atoms. The summed E-state index contributed by atoms with van der Waals surface area (Å²) in [5, 5.41) is 13.6. The van der Waals surface area contributed by atoms with E-state index in [1.807, 2.05) is 13.0 Å². The van der Waals surface area contributed by atoms with E-state index in [1.165, 1.54) is 11.8 Å². The number of nitrogens with zero attached hydrogens (tertiary/aromatic N) is 3. The number of esters is 1. The molecule has 0 radical (unpaired) electrons. The van der Waals surface area contributed by atoms with E-state index in [-0.39, 0.29) is 6.61 Å². The number of hydrogen-bond donors (Lipinski definition) is 0. The molecule has 26 heavy (non-hydrogen) atoms. The summed E-state index contributed by atoms with van der Waals surface area (Å²) in [6.07, 6.45) is 1.62. The van der Waals surface area contributed by atoms with Crippen LogP contribution in [0.5, 0.6) is 0 Å². The van der Waals surface area contributed by atoms with Crippen LogP contribution < -0.4 is 0 Å². The maximum absolute atomic E-state index is 12.5. The van der Waals surface area contributed by atoms with Crippen LogP contribution in [-0.2, 0) is 17.1 Å². The third kappa shape index (κ3) is 4.29.